The van der Waals surface area contributed by atoms with E-state index in [2.05, 4.69) is 10.2 Å². The van der Waals surface area contributed by atoms with Gasteiger partial charge in [0, 0.05) is 23.9 Å². The Morgan fingerprint density at radius 3 is 2.16 bits per heavy atom. The van der Waals surface area contributed by atoms with Gasteiger partial charge in [-0.25, -0.2) is 4.39 Å². The van der Waals surface area contributed by atoms with Crippen LogP contribution in [0.1, 0.15) is 19.3 Å². The fraction of sp³-hybridized carbons (Fsp3) is 0.231. The highest BCUT2D eigenvalue weighted by Gasteiger charge is 2.18. The Morgan fingerprint density at radius 1 is 0.875 bits per heavy atom. The first-order chi connectivity index (χ1) is 15.6. The molecule has 3 aromatic carbocycles. The van der Waals surface area contributed by atoms with Crippen molar-refractivity contribution < 1.29 is 9.18 Å². The minimum absolute atomic E-state index is 0.0112. The number of amides is 1. The van der Waals surface area contributed by atoms with Gasteiger partial charge in [-0.05, 0) is 61.7 Å². The number of carbonyl (C=O) groups is 1. The summed E-state index contributed by atoms with van der Waals surface area (Å²) < 4.78 is 15.9. The van der Waals surface area contributed by atoms with Gasteiger partial charge in [0.1, 0.15) is 12.4 Å². The fourth-order valence-electron chi connectivity index (χ4n) is 4.60. The number of fused-ring (bicyclic) bond motifs is 2. The van der Waals surface area contributed by atoms with E-state index in [4.69, 9.17) is 0 Å². The highest BCUT2D eigenvalue weighted by molar-refractivity contribution is 5.98. The highest BCUT2D eigenvalue weighted by Crippen LogP contribution is 2.29. The van der Waals surface area contributed by atoms with Gasteiger partial charge < -0.3 is 14.8 Å². The van der Waals surface area contributed by atoms with Gasteiger partial charge in [-0.3, -0.25) is 9.59 Å². The third-order valence-electron chi connectivity index (χ3n) is 6.11. The molecule has 6 heteroatoms. The number of rotatable bonds is 4. The molecule has 0 bridgehead atoms. The number of hydrogen-bond acceptors (Lipinski definition) is 3. The van der Waals surface area contributed by atoms with Crippen LogP contribution in [0.25, 0.3) is 21.8 Å². The van der Waals surface area contributed by atoms with Crippen molar-refractivity contribution in [1.29, 1.82) is 0 Å². The molecule has 5 nitrogen and oxygen atoms in total. The zero-order valence-electron chi connectivity index (χ0n) is 17.7. The van der Waals surface area contributed by atoms with E-state index in [0.29, 0.717) is 27.5 Å². The normalized spacial score (nSPS) is 14.1. The summed E-state index contributed by atoms with van der Waals surface area (Å²) in [5.41, 5.74) is 2.66. The molecule has 1 aliphatic heterocycles. The van der Waals surface area contributed by atoms with E-state index >= 15 is 0 Å². The number of nitrogens with one attached hydrogen (secondary N) is 1. The lowest BCUT2D eigenvalue weighted by Crippen LogP contribution is -2.31. The van der Waals surface area contributed by atoms with Crippen LogP contribution in [0, 0.1) is 5.82 Å². The van der Waals surface area contributed by atoms with Crippen molar-refractivity contribution in [3.63, 3.8) is 0 Å². The first-order valence-electron chi connectivity index (χ1n) is 11.0. The van der Waals surface area contributed by atoms with Gasteiger partial charge in [0.2, 0.25) is 5.91 Å². The zero-order valence-corrected chi connectivity index (χ0v) is 17.7. The molecular formula is C26H24FN3O2. The van der Waals surface area contributed by atoms with Crippen LogP contribution in [0.2, 0.25) is 0 Å². The van der Waals surface area contributed by atoms with Gasteiger partial charge >= 0.3 is 0 Å². The molecule has 2 heterocycles. The third kappa shape index (κ3) is 3.73. The fourth-order valence-corrected chi connectivity index (χ4v) is 4.60. The van der Waals surface area contributed by atoms with E-state index in [1.54, 1.807) is 18.2 Å². The molecule has 0 atom stereocenters. The monoisotopic (exact) mass is 429 g/mol. The van der Waals surface area contributed by atoms with Crippen LogP contribution in [0.3, 0.4) is 0 Å². The standard InChI is InChI=1S/C26H24FN3O2/c27-18-12-13-24(29-14-6-1-7-15-29)21(16-18)28-25(31)17-30-22-10-4-2-8-19(22)26(32)20-9-3-5-11-23(20)30/h2-5,8-13,16H,1,6-7,14-15,17H2,(H,28,31). The first-order valence-corrected chi connectivity index (χ1v) is 11.0. The maximum atomic E-state index is 14.0. The first kappa shape index (κ1) is 20.2. The Balaban J connectivity index is 1.52. The highest BCUT2D eigenvalue weighted by atomic mass is 19.1. The van der Waals surface area contributed by atoms with Crippen LogP contribution in [-0.4, -0.2) is 23.6 Å². The van der Waals surface area contributed by atoms with E-state index in [1.165, 1.54) is 18.6 Å². The van der Waals surface area contributed by atoms with Gasteiger partial charge in [-0.15, -0.1) is 0 Å². The summed E-state index contributed by atoms with van der Waals surface area (Å²) in [7, 11) is 0. The summed E-state index contributed by atoms with van der Waals surface area (Å²) in [6, 6.07) is 19.1. The van der Waals surface area contributed by atoms with Crippen molar-refractivity contribution in [1.82, 2.24) is 4.57 Å². The number of benzene rings is 3. The van der Waals surface area contributed by atoms with Crippen LogP contribution < -0.4 is 15.6 Å². The van der Waals surface area contributed by atoms with Crippen molar-refractivity contribution in [3.8, 4) is 0 Å². The summed E-state index contributed by atoms with van der Waals surface area (Å²) in [6.45, 7) is 1.80. The van der Waals surface area contributed by atoms with Gasteiger partial charge in [0.05, 0.1) is 22.4 Å². The Labute approximate surface area is 185 Å². The van der Waals surface area contributed by atoms with Crippen LogP contribution in [0.5, 0.6) is 0 Å². The van der Waals surface area contributed by atoms with Crippen molar-refractivity contribution in [3.05, 3.63) is 82.8 Å². The Hall–Kier alpha value is -3.67. The summed E-state index contributed by atoms with van der Waals surface area (Å²) in [4.78, 5) is 28.3. The van der Waals surface area contributed by atoms with E-state index in [9.17, 15) is 14.0 Å². The van der Waals surface area contributed by atoms with Crippen LogP contribution in [-0.2, 0) is 11.3 Å². The minimum Gasteiger partial charge on any atom is -0.370 e. The van der Waals surface area contributed by atoms with Crippen molar-refractivity contribution in [2.24, 2.45) is 0 Å². The number of aromatic nitrogens is 1. The third-order valence-corrected chi connectivity index (χ3v) is 6.11. The maximum Gasteiger partial charge on any atom is 0.244 e. The second-order valence-electron chi connectivity index (χ2n) is 8.21. The molecule has 1 saturated heterocycles. The quantitative estimate of drug-likeness (QED) is 0.469. The molecule has 0 radical (unpaired) electrons. The van der Waals surface area contributed by atoms with E-state index in [1.807, 2.05) is 41.0 Å². The molecule has 0 unspecified atom stereocenters. The molecular weight excluding hydrogens is 405 g/mol. The van der Waals surface area contributed by atoms with Crippen LogP contribution in [0.4, 0.5) is 15.8 Å². The molecule has 1 amide bonds. The summed E-state index contributed by atoms with van der Waals surface area (Å²) in [6.07, 6.45) is 3.35. The molecule has 162 valence electrons. The number of carbonyl (C=O) groups excluding carboxylic acids is 1. The van der Waals surface area contributed by atoms with Crippen LogP contribution in [0.15, 0.2) is 71.5 Å². The molecule has 1 fully saturated rings. The molecule has 1 aliphatic rings. The molecule has 0 spiro atoms. The van der Waals surface area contributed by atoms with Crippen molar-refractivity contribution >= 4 is 39.1 Å². The number of pyridine rings is 1. The number of anilines is 2. The average molecular weight is 429 g/mol. The van der Waals surface area contributed by atoms with Crippen molar-refractivity contribution in [2.45, 2.75) is 25.8 Å². The number of halogens is 1. The molecule has 1 N–H and O–H groups in total. The van der Waals surface area contributed by atoms with Gasteiger partial charge in [-0.2, -0.15) is 0 Å². The van der Waals surface area contributed by atoms with E-state index < -0.39 is 0 Å². The SMILES string of the molecule is O=C(Cn1c2ccccc2c(=O)c2ccccc21)Nc1cc(F)ccc1N1CCCCC1. The molecule has 4 aromatic rings. The maximum absolute atomic E-state index is 14.0. The lowest BCUT2D eigenvalue weighted by atomic mass is 10.1. The average Bonchev–Trinajstić information content (AvgIpc) is 2.82. The number of hydrogen-bond donors (Lipinski definition) is 1. The van der Waals surface area contributed by atoms with Gasteiger partial charge in [-0.1, -0.05) is 24.3 Å². The molecule has 0 aliphatic carbocycles. The second kappa shape index (κ2) is 8.46. The number of piperidine rings is 1. The molecule has 1 aromatic heterocycles. The predicted octanol–water partition coefficient (Wildman–Crippen LogP) is 4.92. The Morgan fingerprint density at radius 2 is 1.50 bits per heavy atom. The Kier molecular flexibility index (Phi) is 5.35. The molecule has 0 saturated carbocycles. The second-order valence-corrected chi connectivity index (χ2v) is 8.21. The number of para-hydroxylation sites is 2. The van der Waals surface area contributed by atoms with E-state index in [-0.39, 0.29) is 23.7 Å². The minimum atomic E-state index is -0.389. The van der Waals surface area contributed by atoms with E-state index in [0.717, 1.165) is 31.6 Å². The van der Waals surface area contributed by atoms with Gasteiger partial charge in [0.25, 0.3) is 0 Å². The zero-order chi connectivity index (χ0) is 22.1. The summed E-state index contributed by atoms with van der Waals surface area (Å²) in [5, 5.41) is 4.06. The molecule has 32 heavy (non-hydrogen) atoms. The smallest absolute Gasteiger partial charge is 0.244 e. The van der Waals surface area contributed by atoms with Gasteiger partial charge in [0.15, 0.2) is 5.43 Å². The number of nitrogens with zero attached hydrogens (tertiary/aromatic N) is 2. The topological polar surface area (TPSA) is 54.3 Å². The van der Waals surface area contributed by atoms with Crippen molar-refractivity contribution in [2.75, 3.05) is 23.3 Å². The summed E-state index contributed by atoms with van der Waals surface area (Å²) in [5.74, 6) is -0.659. The largest absolute Gasteiger partial charge is 0.370 e. The van der Waals surface area contributed by atoms with Crippen LogP contribution >= 0.6 is 0 Å². The lowest BCUT2D eigenvalue weighted by Gasteiger charge is -2.30. The summed E-state index contributed by atoms with van der Waals surface area (Å²) >= 11 is 0. The Bertz CT molecular complexity index is 1310. The lowest BCUT2D eigenvalue weighted by molar-refractivity contribution is -0.116. The molecule has 5 rings (SSSR count). The predicted molar refractivity (Wildman–Crippen MR) is 127 cm³/mol.